The van der Waals surface area contributed by atoms with E-state index < -0.39 is 0 Å². The van der Waals surface area contributed by atoms with Gasteiger partial charge in [-0.1, -0.05) is 13.3 Å². The highest BCUT2D eigenvalue weighted by Crippen LogP contribution is 2.46. The molecule has 0 aromatic rings. The fourth-order valence-electron chi connectivity index (χ4n) is 5.94. The van der Waals surface area contributed by atoms with Gasteiger partial charge in [0.05, 0.1) is 0 Å². The summed E-state index contributed by atoms with van der Waals surface area (Å²) in [6.07, 6.45) is 7.52. The number of hydrogen-bond acceptors (Lipinski definition) is 3. The summed E-state index contributed by atoms with van der Waals surface area (Å²) >= 11 is 0. The molecule has 2 saturated heterocycles. The lowest BCUT2D eigenvalue weighted by Gasteiger charge is -2.47. The molecule has 120 valence electrons. The van der Waals surface area contributed by atoms with E-state index in [0.717, 1.165) is 29.8 Å². The third-order valence-corrected chi connectivity index (χ3v) is 7.05. The molecule has 0 aromatic carbocycles. The van der Waals surface area contributed by atoms with Crippen LogP contribution in [0.4, 0.5) is 0 Å². The summed E-state index contributed by atoms with van der Waals surface area (Å²) in [5, 5.41) is 0. The molecule has 21 heavy (non-hydrogen) atoms. The van der Waals surface area contributed by atoms with E-state index in [-0.39, 0.29) is 0 Å². The molecule has 2 bridgehead atoms. The molecule has 2 saturated carbocycles. The molecule has 4 rings (SSSR count). The highest BCUT2D eigenvalue weighted by atomic mass is 15.3. The van der Waals surface area contributed by atoms with Gasteiger partial charge in [0.25, 0.3) is 0 Å². The van der Waals surface area contributed by atoms with Gasteiger partial charge in [-0.15, -0.1) is 0 Å². The first-order valence-corrected chi connectivity index (χ1v) is 9.37. The second kappa shape index (κ2) is 5.82. The standard InChI is InChI=1S/C18H33N3/c1-14-13-19(2)6-5-17(14)20-7-9-21(10-8-20)18-12-15-3-4-16(18)11-15/h14-18H,3-13H2,1-2H3. The predicted octanol–water partition coefficient (Wildman–Crippen LogP) is 2.13. The Labute approximate surface area is 130 Å². The van der Waals surface area contributed by atoms with Gasteiger partial charge < -0.3 is 4.90 Å². The molecule has 0 radical (unpaired) electrons. The zero-order valence-electron chi connectivity index (χ0n) is 14.0. The minimum absolute atomic E-state index is 0.845. The van der Waals surface area contributed by atoms with Gasteiger partial charge in [0.15, 0.2) is 0 Å². The fraction of sp³-hybridized carbons (Fsp3) is 1.00. The van der Waals surface area contributed by atoms with Crippen molar-refractivity contribution >= 4 is 0 Å². The smallest absolute Gasteiger partial charge is 0.0146 e. The average Bonchev–Trinajstić information content (AvgIpc) is 3.10. The maximum absolute atomic E-state index is 2.86. The van der Waals surface area contributed by atoms with Crippen molar-refractivity contribution in [2.24, 2.45) is 17.8 Å². The monoisotopic (exact) mass is 291 g/mol. The molecule has 2 heterocycles. The molecule has 3 heteroatoms. The Bertz CT molecular complexity index is 363. The van der Waals surface area contributed by atoms with Gasteiger partial charge >= 0.3 is 0 Å². The van der Waals surface area contributed by atoms with E-state index in [9.17, 15) is 0 Å². The average molecular weight is 291 g/mol. The zero-order chi connectivity index (χ0) is 14.4. The molecule has 5 unspecified atom stereocenters. The van der Waals surface area contributed by atoms with Crippen molar-refractivity contribution in [2.75, 3.05) is 46.3 Å². The number of rotatable bonds is 2. The van der Waals surface area contributed by atoms with Gasteiger partial charge in [-0.3, -0.25) is 9.80 Å². The van der Waals surface area contributed by atoms with Crippen molar-refractivity contribution in [2.45, 2.75) is 51.1 Å². The summed E-state index contributed by atoms with van der Waals surface area (Å²) in [6.45, 7) is 10.4. The summed E-state index contributed by atoms with van der Waals surface area (Å²) in [7, 11) is 2.28. The number of piperazine rings is 1. The molecule has 4 aliphatic rings. The molecule has 0 N–H and O–H groups in total. The number of fused-ring (bicyclic) bond motifs is 2. The SMILES string of the molecule is CC1CN(C)CCC1N1CCN(C2CC3CCC2C3)CC1. The van der Waals surface area contributed by atoms with Gasteiger partial charge in [0.2, 0.25) is 0 Å². The Morgan fingerprint density at radius 1 is 0.762 bits per heavy atom. The Morgan fingerprint density at radius 3 is 2.05 bits per heavy atom. The zero-order valence-corrected chi connectivity index (χ0v) is 14.0. The number of hydrogen-bond donors (Lipinski definition) is 0. The second-order valence-corrected chi connectivity index (χ2v) is 8.41. The Hall–Kier alpha value is -0.120. The third kappa shape index (κ3) is 2.77. The van der Waals surface area contributed by atoms with Crippen LogP contribution >= 0.6 is 0 Å². The molecule has 0 spiro atoms. The van der Waals surface area contributed by atoms with Crippen molar-refractivity contribution in [1.29, 1.82) is 0 Å². The van der Waals surface area contributed by atoms with Crippen LogP contribution in [0.2, 0.25) is 0 Å². The highest BCUT2D eigenvalue weighted by Gasteiger charge is 2.43. The minimum Gasteiger partial charge on any atom is -0.306 e. The Balaban J connectivity index is 1.30. The number of nitrogens with zero attached hydrogens (tertiary/aromatic N) is 3. The lowest BCUT2D eigenvalue weighted by Crippen LogP contribution is -2.57. The molecular weight excluding hydrogens is 258 g/mol. The van der Waals surface area contributed by atoms with Crippen LogP contribution < -0.4 is 0 Å². The van der Waals surface area contributed by atoms with E-state index in [1.165, 1.54) is 65.0 Å². The first kappa shape index (κ1) is 14.5. The van der Waals surface area contributed by atoms with Gasteiger partial charge in [0.1, 0.15) is 0 Å². The van der Waals surface area contributed by atoms with Crippen LogP contribution in [-0.2, 0) is 0 Å². The van der Waals surface area contributed by atoms with E-state index in [4.69, 9.17) is 0 Å². The Kier molecular flexibility index (Phi) is 4.01. The minimum atomic E-state index is 0.845. The van der Waals surface area contributed by atoms with Crippen LogP contribution in [-0.4, -0.2) is 73.1 Å². The van der Waals surface area contributed by atoms with Gasteiger partial charge in [-0.2, -0.15) is 0 Å². The number of likely N-dealkylation sites (tertiary alicyclic amines) is 1. The normalized spacial score (nSPS) is 46.3. The topological polar surface area (TPSA) is 9.72 Å². The molecular formula is C18H33N3. The van der Waals surface area contributed by atoms with Crippen LogP contribution in [0.15, 0.2) is 0 Å². The maximum atomic E-state index is 2.86. The summed E-state index contributed by atoms with van der Waals surface area (Å²) in [4.78, 5) is 8.19. The first-order valence-electron chi connectivity index (χ1n) is 9.37. The lowest BCUT2D eigenvalue weighted by atomic mass is 9.91. The van der Waals surface area contributed by atoms with Crippen LogP contribution in [0, 0.1) is 17.8 Å². The third-order valence-electron chi connectivity index (χ3n) is 7.05. The summed E-state index contributed by atoms with van der Waals surface area (Å²) in [6, 6.07) is 1.81. The maximum Gasteiger partial charge on any atom is 0.0146 e. The molecule has 2 aliphatic heterocycles. The van der Waals surface area contributed by atoms with Crippen LogP contribution in [0.1, 0.15) is 39.0 Å². The van der Waals surface area contributed by atoms with Crippen LogP contribution in [0.5, 0.6) is 0 Å². The molecule has 5 atom stereocenters. The summed E-state index contributed by atoms with van der Waals surface area (Å²) < 4.78 is 0. The molecule has 2 aliphatic carbocycles. The van der Waals surface area contributed by atoms with E-state index >= 15 is 0 Å². The number of piperidine rings is 1. The Morgan fingerprint density at radius 2 is 1.48 bits per heavy atom. The van der Waals surface area contributed by atoms with Crippen molar-refractivity contribution in [3.8, 4) is 0 Å². The highest BCUT2D eigenvalue weighted by molar-refractivity contribution is 4.97. The van der Waals surface area contributed by atoms with Crippen LogP contribution in [0.25, 0.3) is 0 Å². The van der Waals surface area contributed by atoms with Crippen LogP contribution in [0.3, 0.4) is 0 Å². The first-order chi connectivity index (χ1) is 10.2. The van der Waals surface area contributed by atoms with Crippen molar-refractivity contribution in [3.05, 3.63) is 0 Å². The van der Waals surface area contributed by atoms with Gasteiger partial charge in [-0.05, 0) is 57.0 Å². The van der Waals surface area contributed by atoms with E-state index in [1.54, 1.807) is 6.42 Å². The quantitative estimate of drug-likeness (QED) is 0.772. The van der Waals surface area contributed by atoms with Crippen molar-refractivity contribution < 1.29 is 0 Å². The van der Waals surface area contributed by atoms with Crippen molar-refractivity contribution in [1.82, 2.24) is 14.7 Å². The molecule has 0 aromatic heterocycles. The molecule has 3 nitrogen and oxygen atoms in total. The fourth-order valence-corrected chi connectivity index (χ4v) is 5.94. The molecule has 0 amide bonds. The summed E-state index contributed by atoms with van der Waals surface area (Å²) in [5.74, 6) is 2.99. The van der Waals surface area contributed by atoms with Gasteiger partial charge in [-0.25, -0.2) is 0 Å². The second-order valence-electron chi connectivity index (χ2n) is 8.41. The van der Waals surface area contributed by atoms with Crippen molar-refractivity contribution in [3.63, 3.8) is 0 Å². The predicted molar refractivity (Wildman–Crippen MR) is 87.4 cm³/mol. The van der Waals surface area contributed by atoms with E-state index in [0.29, 0.717) is 0 Å². The van der Waals surface area contributed by atoms with E-state index in [1.807, 2.05) is 0 Å². The summed E-state index contributed by atoms with van der Waals surface area (Å²) in [5.41, 5.74) is 0. The van der Waals surface area contributed by atoms with E-state index in [2.05, 4.69) is 28.7 Å². The molecule has 4 fully saturated rings. The van der Waals surface area contributed by atoms with Gasteiger partial charge in [0, 0.05) is 44.8 Å². The largest absolute Gasteiger partial charge is 0.306 e. The lowest BCUT2D eigenvalue weighted by molar-refractivity contribution is 0.0138.